The number of hydrogen-bond donors (Lipinski definition) is 1. The summed E-state index contributed by atoms with van der Waals surface area (Å²) < 4.78 is 12.0. The van der Waals surface area contributed by atoms with Gasteiger partial charge in [0.2, 0.25) is 0 Å². The van der Waals surface area contributed by atoms with Crippen LogP contribution in [0, 0.1) is 0 Å². The van der Waals surface area contributed by atoms with E-state index in [4.69, 9.17) is 15.2 Å². The maximum atomic E-state index is 13.3. The minimum absolute atomic E-state index is 0.227. The Hall–Kier alpha value is -3.80. The zero-order chi connectivity index (χ0) is 21.9. The van der Waals surface area contributed by atoms with Crippen LogP contribution in [0.25, 0.3) is 0 Å². The standard InChI is InChI=1S/C26H25N3O3/c27-26(28-16-18-8-2-1-3-9-18)29-15-14-19(17-29)31-25(30)24-20-10-4-6-12-22(20)32-23-13-7-5-11-21(23)24/h1-13,19,24H,14-17H2,(H2,27,28)/t19-/m1/s1. The van der Waals surface area contributed by atoms with Crippen LogP contribution in [0.5, 0.6) is 11.5 Å². The van der Waals surface area contributed by atoms with E-state index in [1.54, 1.807) is 0 Å². The Morgan fingerprint density at radius 3 is 2.28 bits per heavy atom. The second-order valence-electron chi connectivity index (χ2n) is 8.06. The van der Waals surface area contributed by atoms with E-state index in [1.807, 2.05) is 83.8 Å². The highest BCUT2D eigenvalue weighted by atomic mass is 16.5. The Kier molecular flexibility index (Phi) is 5.50. The lowest BCUT2D eigenvalue weighted by Crippen LogP contribution is -2.37. The average Bonchev–Trinajstić information content (AvgIpc) is 3.30. The van der Waals surface area contributed by atoms with Crippen LogP contribution >= 0.6 is 0 Å². The van der Waals surface area contributed by atoms with Crippen LogP contribution in [-0.2, 0) is 16.1 Å². The molecule has 1 saturated heterocycles. The molecule has 0 saturated carbocycles. The van der Waals surface area contributed by atoms with Crippen molar-refractivity contribution in [2.24, 2.45) is 10.7 Å². The minimum Gasteiger partial charge on any atom is -0.460 e. The summed E-state index contributed by atoms with van der Waals surface area (Å²) in [6, 6.07) is 25.2. The maximum absolute atomic E-state index is 13.3. The number of fused-ring (bicyclic) bond motifs is 2. The number of hydrogen-bond acceptors (Lipinski definition) is 4. The molecule has 2 N–H and O–H groups in total. The first-order valence-corrected chi connectivity index (χ1v) is 10.8. The van der Waals surface area contributed by atoms with Crippen molar-refractivity contribution >= 4 is 11.9 Å². The van der Waals surface area contributed by atoms with Gasteiger partial charge in [-0.2, -0.15) is 0 Å². The van der Waals surface area contributed by atoms with Gasteiger partial charge in [-0.05, 0) is 17.7 Å². The van der Waals surface area contributed by atoms with E-state index in [0.29, 0.717) is 37.1 Å². The first kappa shape index (κ1) is 20.1. The fraction of sp³-hybridized carbons (Fsp3) is 0.231. The van der Waals surface area contributed by atoms with E-state index >= 15 is 0 Å². The lowest BCUT2D eigenvalue weighted by Gasteiger charge is -2.27. The van der Waals surface area contributed by atoms with Crippen LogP contribution in [0.15, 0.2) is 83.9 Å². The smallest absolute Gasteiger partial charge is 0.318 e. The van der Waals surface area contributed by atoms with E-state index in [0.717, 1.165) is 23.1 Å². The van der Waals surface area contributed by atoms with Gasteiger partial charge < -0.3 is 20.1 Å². The molecule has 0 radical (unpaired) electrons. The van der Waals surface area contributed by atoms with Crippen LogP contribution in [0.2, 0.25) is 0 Å². The summed E-state index contributed by atoms with van der Waals surface area (Å²) in [5.74, 6) is 1.10. The first-order chi connectivity index (χ1) is 15.7. The van der Waals surface area contributed by atoms with Gasteiger partial charge in [-0.15, -0.1) is 0 Å². The third-order valence-electron chi connectivity index (χ3n) is 5.93. The SMILES string of the molecule is NC(=NCc1ccccc1)N1CC[C@@H](OC(=O)C2c3ccccc3Oc3ccccc32)C1. The molecular weight excluding hydrogens is 402 g/mol. The number of guanidine groups is 1. The highest BCUT2D eigenvalue weighted by Crippen LogP contribution is 2.44. The van der Waals surface area contributed by atoms with Crippen molar-refractivity contribution in [2.75, 3.05) is 13.1 Å². The lowest BCUT2D eigenvalue weighted by molar-refractivity contribution is -0.149. The summed E-state index contributed by atoms with van der Waals surface area (Å²) in [6.45, 7) is 1.79. The summed E-state index contributed by atoms with van der Waals surface area (Å²) in [5.41, 5.74) is 8.97. The van der Waals surface area contributed by atoms with E-state index in [-0.39, 0.29) is 12.1 Å². The largest absolute Gasteiger partial charge is 0.460 e. The Morgan fingerprint density at radius 1 is 0.969 bits per heavy atom. The number of ether oxygens (including phenoxy) is 2. The number of esters is 1. The van der Waals surface area contributed by atoms with E-state index < -0.39 is 5.92 Å². The Morgan fingerprint density at radius 2 is 1.59 bits per heavy atom. The molecular formula is C26H25N3O3. The summed E-state index contributed by atoms with van der Waals surface area (Å²) in [4.78, 5) is 19.8. The van der Waals surface area contributed by atoms with Gasteiger partial charge in [0.1, 0.15) is 23.5 Å². The van der Waals surface area contributed by atoms with Crippen molar-refractivity contribution in [3.63, 3.8) is 0 Å². The molecule has 0 aliphatic carbocycles. The Labute approximate surface area is 187 Å². The van der Waals surface area contributed by atoms with Gasteiger partial charge in [-0.25, -0.2) is 4.99 Å². The van der Waals surface area contributed by atoms with Gasteiger partial charge in [0.05, 0.1) is 13.1 Å². The van der Waals surface area contributed by atoms with Crippen molar-refractivity contribution in [2.45, 2.75) is 25.0 Å². The number of nitrogens with zero attached hydrogens (tertiary/aromatic N) is 2. The molecule has 3 aromatic rings. The van der Waals surface area contributed by atoms with E-state index in [1.165, 1.54) is 0 Å². The number of carbonyl (C=O) groups is 1. The zero-order valence-electron chi connectivity index (χ0n) is 17.7. The van der Waals surface area contributed by atoms with E-state index in [2.05, 4.69) is 4.99 Å². The fourth-order valence-electron chi connectivity index (χ4n) is 4.28. The van der Waals surface area contributed by atoms with Gasteiger partial charge >= 0.3 is 5.97 Å². The molecule has 2 aliphatic heterocycles. The molecule has 6 heteroatoms. The molecule has 6 nitrogen and oxygen atoms in total. The summed E-state index contributed by atoms with van der Waals surface area (Å²) in [6.07, 6.45) is 0.495. The lowest BCUT2D eigenvalue weighted by atomic mass is 9.88. The number of nitrogens with two attached hydrogens (primary N) is 1. The van der Waals surface area contributed by atoms with E-state index in [9.17, 15) is 4.79 Å². The average molecular weight is 428 g/mol. The van der Waals surface area contributed by atoms with Crippen molar-refractivity contribution in [1.82, 2.24) is 4.90 Å². The van der Waals surface area contributed by atoms with Gasteiger partial charge in [0.15, 0.2) is 5.96 Å². The van der Waals surface area contributed by atoms with Gasteiger partial charge in [-0.1, -0.05) is 66.7 Å². The molecule has 162 valence electrons. The summed E-state index contributed by atoms with van der Waals surface area (Å²) in [7, 11) is 0. The second kappa shape index (κ2) is 8.75. The topological polar surface area (TPSA) is 77.1 Å². The fourth-order valence-corrected chi connectivity index (χ4v) is 4.28. The molecule has 0 bridgehead atoms. The number of aliphatic imine (C=N–C) groups is 1. The normalized spacial score (nSPS) is 17.9. The second-order valence-corrected chi connectivity index (χ2v) is 8.06. The van der Waals surface area contributed by atoms with Crippen LogP contribution in [-0.4, -0.2) is 36.0 Å². The van der Waals surface area contributed by atoms with Crippen molar-refractivity contribution in [3.8, 4) is 11.5 Å². The van der Waals surface area contributed by atoms with Gasteiger partial charge in [0.25, 0.3) is 0 Å². The predicted molar refractivity (Wildman–Crippen MR) is 123 cm³/mol. The third kappa shape index (κ3) is 4.04. The van der Waals surface area contributed by atoms with Gasteiger partial charge in [-0.3, -0.25) is 4.79 Å². The maximum Gasteiger partial charge on any atom is 0.318 e. The zero-order valence-corrected chi connectivity index (χ0v) is 17.7. The summed E-state index contributed by atoms with van der Waals surface area (Å²) >= 11 is 0. The first-order valence-electron chi connectivity index (χ1n) is 10.8. The molecule has 0 aromatic heterocycles. The quantitative estimate of drug-likeness (QED) is 0.386. The summed E-state index contributed by atoms with van der Waals surface area (Å²) in [5, 5.41) is 0. The minimum atomic E-state index is -0.505. The molecule has 32 heavy (non-hydrogen) atoms. The molecule has 2 heterocycles. The molecule has 2 aliphatic rings. The van der Waals surface area contributed by atoms with Crippen LogP contribution in [0.4, 0.5) is 0 Å². The number of likely N-dealkylation sites (tertiary alicyclic amines) is 1. The number of para-hydroxylation sites is 2. The monoisotopic (exact) mass is 427 g/mol. The third-order valence-corrected chi connectivity index (χ3v) is 5.93. The van der Waals surface area contributed by atoms with Crippen LogP contribution < -0.4 is 10.5 Å². The molecule has 3 aromatic carbocycles. The Bertz CT molecular complexity index is 1100. The van der Waals surface area contributed by atoms with Crippen molar-refractivity contribution in [1.29, 1.82) is 0 Å². The van der Waals surface area contributed by atoms with Crippen LogP contribution in [0.1, 0.15) is 29.0 Å². The number of benzene rings is 3. The molecule has 0 unspecified atom stereocenters. The molecule has 1 atom stereocenters. The predicted octanol–water partition coefficient (Wildman–Crippen LogP) is 4.06. The molecule has 0 spiro atoms. The van der Waals surface area contributed by atoms with Crippen LogP contribution in [0.3, 0.4) is 0 Å². The van der Waals surface area contributed by atoms with Gasteiger partial charge in [0, 0.05) is 24.1 Å². The Balaban J connectivity index is 1.27. The number of rotatable bonds is 4. The van der Waals surface area contributed by atoms with Crippen molar-refractivity contribution < 1.29 is 14.3 Å². The molecule has 0 amide bonds. The molecule has 1 fully saturated rings. The van der Waals surface area contributed by atoms with Crippen molar-refractivity contribution in [3.05, 3.63) is 95.6 Å². The number of carbonyl (C=O) groups excluding carboxylic acids is 1. The highest BCUT2D eigenvalue weighted by molar-refractivity contribution is 5.85. The molecule has 5 rings (SSSR count). The highest BCUT2D eigenvalue weighted by Gasteiger charge is 2.36.